The summed E-state index contributed by atoms with van der Waals surface area (Å²) in [7, 11) is 0. The van der Waals surface area contributed by atoms with Crippen LogP contribution in [0.2, 0.25) is 0 Å². The van der Waals surface area contributed by atoms with Crippen molar-refractivity contribution in [3.05, 3.63) is 39.7 Å². The normalized spacial score (nSPS) is 11.0. The van der Waals surface area contributed by atoms with Crippen LogP contribution in [0.5, 0.6) is 5.75 Å². The number of ether oxygens (including phenoxy) is 1. The summed E-state index contributed by atoms with van der Waals surface area (Å²) in [5.41, 5.74) is 2.19. The van der Waals surface area contributed by atoms with Crippen LogP contribution in [-0.2, 0) is 0 Å². The van der Waals surface area contributed by atoms with E-state index in [1.165, 1.54) is 38.2 Å². The average molecular weight is 302 g/mol. The van der Waals surface area contributed by atoms with Crippen molar-refractivity contribution in [2.75, 3.05) is 6.61 Å². The molecule has 22 heavy (non-hydrogen) atoms. The predicted octanol–water partition coefficient (Wildman–Crippen LogP) is 5.15. The quantitative estimate of drug-likeness (QED) is 0.500. The summed E-state index contributed by atoms with van der Waals surface area (Å²) in [5, 5.41) is 0.976. The van der Waals surface area contributed by atoms with Crippen molar-refractivity contribution in [2.45, 2.75) is 59.3 Å². The van der Waals surface area contributed by atoms with E-state index in [9.17, 15) is 4.79 Å². The van der Waals surface area contributed by atoms with Crippen LogP contribution in [0.15, 0.2) is 27.4 Å². The molecule has 0 saturated heterocycles. The van der Waals surface area contributed by atoms with Crippen LogP contribution in [0.25, 0.3) is 11.0 Å². The van der Waals surface area contributed by atoms with Gasteiger partial charge in [-0.1, -0.05) is 39.0 Å². The molecule has 2 rings (SSSR count). The Kier molecular flexibility index (Phi) is 6.05. The first-order valence-corrected chi connectivity index (χ1v) is 8.30. The van der Waals surface area contributed by atoms with Crippen LogP contribution in [0.3, 0.4) is 0 Å². The average Bonchev–Trinajstić information content (AvgIpc) is 2.49. The third kappa shape index (κ3) is 4.12. The zero-order chi connectivity index (χ0) is 15.9. The standard InChI is InChI=1S/C19H26O3/c1-4-5-6-7-8-9-12-21-17-11-10-16-14(2)13-18(20)22-19(16)15(17)3/h10-11,13H,4-9,12H2,1-3H3. The van der Waals surface area contributed by atoms with E-state index in [2.05, 4.69) is 6.92 Å². The molecule has 0 aliphatic rings. The summed E-state index contributed by atoms with van der Waals surface area (Å²) in [6, 6.07) is 5.47. The maximum Gasteiger partial charge on any atom is 0.336 e. The van der Waals surface area contributed by atoms with Gasteiger partial charge in [0.05, 0.1) is 6.61 Å². The van der Waals surface area contributed by atoms with E-state index in [4.69, 9.17) is 9.15 Å². The molecule has 1 heterocycles. The summed E-state index contributed by atoms with van der Waals surface area (Å²) in [5.74, 6) is 0.815. The van der Waals surface area contributed by atoms with Gasteiger partial charge in [-0.2, -0.15) is 0 Å². The number of benzene rings is 1. The highest BCUT2D eigenvalue weighted by atomic mass is 16.5. The van der Waals surface area contributed by atoms with Gasteiger partial charge in [-0.3, -0.25) is 0 Å². The summed E-state index contributed by atoms with van der Waals surface area (Å²) < 4.78 is 11.2. The van der Waals surface area contributed by atoms with E-state index in [1.807, 2.05) is 26.0 Å². The van der Waals surface area contributed by atoms with Gasteiger partial charge in [-0.15, -0.1) is 0 Å². The van der Waals surface area contributed by atoms with Crippen molar-refractivity contribution in [2.24, 2.45) is 0 Å². The van der Waals surface area contributed by atoms with Crippen LogP contribution in [-0.4, -0.2) is 6.61 Å². The molecule has 0 aliphatic carbocycles. The SMILES string of the molecule is CCCCCCCCOc1ccc2c(C)cc(=O)oc2c1C. The van der Waals surface area contributed by atoms with Crippen LogP contribution >= 0.6 is 0 Å². The van der Waals surface area contributed by atoms with Gasteiger partial charge in [0.2, 0.25) is 0 Å². The molecule has 0 fully saturated rings. The Balaban J connectivity index is 1.98. The van der Waals surface area contributed by atoms with Crippen molar-refractivity contribution in [1.29, 1.82) is 0 Å². The summed E-state index contributed by atoms with van der Waals surface area (Å²) in [4.78, 5) is 11.5. The van der Waals surface area contributed by atoms with Crippen molar-refractivity contribution >= 4 is 11.0 Å². The zero-order valence-electron chi connectivity index (χ0n) is 13.9. The molecule has 0 N–H and O–H groups in total. The van der Waals surface area contributed by atoms with Crippen LogP contribution < -0.4 is 10.4 Å². The van der Waals surface area contributed by atoms with E-state index >= 15 is 0 Å². The maximum absolute atomic E-state index is 11.5. The molecule has 2 aromatic rings. The van der Waals surface area contributed by atoms with Crippen LogP contribution in [0, 0.1) is 13.8 Å². The molecular formula is C19H26O3. The lowest BCUT2D eigenvalue weighted by Crippen LogP contribution is -2.02. The topological polar surface area (TPSA) is 39.4 Å². The first kappa shape index (κ1) is 16.6. The molecular weight excluding hydrogens is 276 g/mol. The Morgan fingerprint density at radius 1 is 1.05 bits per heavy atom. The minimum atomic E-state index is -0.304. The second-order valence-electron chi connectivity index (χ2n) is 5.93. The van der Waals surface area contributed by atoms with Crippen molar-refractivity contribution < 1.29 is 9.15 Å². The van der Waals surface area contributed by atoms with Gasteiger partial charge in [-0.05, 0) is 38.0 Å². The smallest absolute Gasteiger partial charge is 0.336 e. The van der Waals surface area contributed by atoms with E-state index in [0.29, 0.717) is 12.2 Å². The molecule has 0 saturated carbocycles. The number of rotatable bonds is 8. The largest absolute Gasteiger partial charge is 0.493 e. The molecule has 3 heteroatoms. The minimum Gasteiger partial charge on any atom is -0.493 e. The second kappa shape index (κ2) is 8.02. The third-order valence-electron chi connectivity index (χ3n) is 4.07. The van der Waals surface area contributed by atoms with Gasteiger partial charge in [0.15, 0.2) is 0 Å². The third-order valence-corrected chi connectivity index (χ3v) is 4.07. The van der Waals surface area contributed by atoms with Crippen molar-refractivity contribution in [3.63, 3.8) is 0 Å². The second-order valence-corrected chi connectivity index (χ2v) is 5.93. The molecule has 1 aromatic carbocycles. The van der Waals surface area contributed by atoms with E-state index in [1.54, 1.807) is 0 Å². The lowest BCUT2D eigenvalue weighted by molar-refractivity contribution is 0.302. The fourth-order valence-electron chi connectivity index (χ4n) is 2.72. The van der Waals surface area contributed by atoms with E-state index in [-0.39, 0.29) is 5.63 Å². The van der Waals surface area contributed by atoms with Crippen LogP contribution in [0.1, 0.15) is 56.6 Å². The molecule has 0 atom stereocenters. The van der Waals surface area contributed by atoms with E-state index in [0.717, 1.165) is 28.7 Å². The summed E-state index contributed by atoms with van der Waals surface area (Å²) in [6.45, 7) is 6.82. The Morgan fingerprint density at radius 2 is 1.77 bits per heavy atom. The Morgan fingerprint density at radius 3 is 2.55 bits per heavy atom. The van der Waals surface area contributed by atoms with Crippen LogP contribution in [0.4, 0.5) is 0 Å². The Labute approximate surface area is 132 Å². The number of unbranched alkanes of at least 4 members (excludes halogenated alkanes) is 5. The molecule has 0 aliphatic heterocycles. The van der Waals surface area contributed by atoms with Gasteiger partial charge in [0.1, 0.15) is 11.3 Å². The molecule has 0 unspecified atom stereocenters. The number of fused-ring (bicyclic) bond motifs is 1. The van der Waals surface area contributed by atoms with Gasteiger partial charge >= 0.3 is 5.63 Å². The Hall–Kier alpha value is -1.77. The van der Waals surface area contributed by atoms with Gasteiger partial charge in [-0.25, -0.2) is 4.79 Å². The van der Waals surface area contributed by atoms with E-state index < -0.39 is 0 Å². The molecule has 0 spiro atoms. The number of hydrogen-bond donors (Lipinski definition) is 0. The predicted molar refractivity (Wildman–Crippen MR) is 90.8 cm³/mol. The summed E-state index contributed by atoms with van der Waals surface area (Å²) in [6.07, 6.45) is 7.47. The lowest BCUT2D eigenvalue weighted by atomic mass is 10.1. The molecule has 120 valence electrons. The van der Waals surface area contributed by atoms with Crippen molar-refractivity contribution in [1.82, 2.24) is 0 Å². The zero-order valence-corrected chi connectivity index (χ0v) is 13.9. The highest BCUT2D eigenvalue weighted by Gasteiger charge is 2.09. The molecule has 3 nitrogen and oxygen atoms in total. The van der Waals surface area contributed by atoms with Gasteiger partial charge in [0.25, 0.3) is 0 Å². The molecule has 0 bridgehead atoms. The minimum absolute atomic E-state index is 0.304. The fourth-order valence-corrected chi connectivity index (χ4v) is 2.72. The monoisotopic (exact) mass is 302 g/mol. The first-order valence-electron chi connectivity index (χ1n) is 8.30. The highest BCUT2D eigenvalue weighted by Crippen LogP contribution is 2.28. The lowest BCUT2D eigenvalue weighted by Gasteiger charge is -2.11. The fraction of sp³-hybridized carbons (Fsp3) is 0.526. The van der Waals surface area contributed by atoms with Crippen molar-refractivity contribution in [3.8, 4) is 5.75 Å². The molecule has 1 aromatic heterocycles. The van der Waals surface area contributed by atoms with Gasteiger partial charge in [0, 0.05) is 17.0 Å². The number of aryl methyl sites for hydroxylation is 2. The molecule has 0 amide bonds. The summed E-state index contributed by atoms with van der Waals surface area (Å²) >= 11 is 0. The first-order chi connectivity index (χ1) is 10.6. The highest BCUT2D eigenvalue weighted by molar-refractivity contribution is 5.84. The maximum atomic E-state index is 11.5. The number of hydrogen-bond acceptors (Lipinski definition) is 3. The Bertz CT molecular complexity index is 670. The van der Waals surface area contributed by atoms with Gasteiger partial charge < -0.3 is 9.15 Å². The molecule has 0 radical (unpaired) electrons.